The van der Waals surface area contributed by atoms with E-state index in [9.17, 15) is 0 Å². The first-order valence-corrected chi connectivity index (χ1v) is 7.33. The second-order valence-electron chi connectivity index (χ2n) is 5.27. The lowest BCUT2D eigenvalue weighted by Crippen LogP contribution is -2.36. The van der Waals surface area contributed by atoms with Crippen LogP contribution in [0.1, 0.15) is 42.9 Å². The molecule has 0 aromatic carbocycles. The third-order valence-corrected chi connectivity index (χ3v) is 5.08. The first-order chi connectivity index (χ1) is 7.69. The Morgan fingerprint density at radius 2 is 2.06 bits per heavy atom. The van der Waals surface area contributed by atoms with Crippen molar-refractivity contribution in [2.24, 2.45) is 17.6 Å². The third-order valence-electron chi connectivity index (χ3n) is 3.83. The zero-order valence-corrected chi connectivity index (χ0v) is 11.2. The van der Waals surface area contributed by atoms with Crippen LogP contribution in [0.15, 0.2) is 12.1 Å². The molecule has 0 radical (unpaired) electrons. The summed E-state index contributed by atoms with van der Waals surface area (Å²) in [6.45, 7) is 4.59. The van der Waals surface area contributed by atoms with Gasteiger partial charge in [0, 0.05) is 15.8 Å². The molecule has 0 spiro atoms. The van der Waals surface area contributed by atoms with Crippen molar-refractivity contribution < 1.29 is 0 Å². The Labute approximate surface area is 103 Å². The van der Waals surface area contributed by atoms with Gasteiger partial charge in [0.2, 0.25) is 0 Å². The number of thiophene rings is 1. The maximum absolute atomic E-state index is 6.23. The van der Waals surface area contributed by atoms with Crippen LogP contribution < -0.4 is 5.73 Å². The van der Waals surface area contributed by atoms with E-state index in [1.54, 1.807) is 0 Å². The molecule has 2 heteroatoms. The SMILES string of the molecule is CCc1ccc(CC2CC(C)CCC2N)s1. The molecule has 0 amide bonds. The van der Waals surface area contributed by atoms with Gasteiger partial charge in [0.05, 0.1) is 0 Å². The number of rotatable bonds is 3. The van der Waals surface area contributed by atoms with E-state index >= 15 is 0 Å². The standard InChI is InChI=1S/C14H23NS/c1-3-12-5-6-13(16-12)9-11-8-10(2)4-7-14(11)15/h5-6,10-11,14H,3-4,7-9,15H2,1-2H3. The highest BCUT2D eigenvalue weighted by Gasteiger charge is 2.26. The molecule has 1 aromatic heterocycles. The molecule has 0 saturated heterocycles. The highest BCUT2D eigenvalue weighted by Crippen LogP contribution is 2.32. The van der Waals surface area contributed by atoms with Crippen molar-refractivity contribution in [1.82, 2.24) is 0 Å². The second-order valence-corrected chi connectivity index (χ2v) is 6.52. The summed E-state index contributed by atoms with van der Waals surface area (Å²) in [5, 5.41) is 0. The quantitative estimate of drug-likeness (QED) is 0.854. The fourth-order valence-corrected chi connectivity index (χ4v) is 3.79. The summed E-state index contributed by atoms with van der Waals surface area (Å²) in [5.41, 5.74) is 6.23. The van der Waals surface area contributed by atoms with Crippen LogP contribution in [-0.2, 0) is 12.8 Å². The summed E-state index contributed by atoms with van der Waals surface area (Å²) < 4.78 is 0. The summed E-state index contributed by atoms with van der Waals surface area (Å²) in [7, 11) is 0. The number of hydrogen-bond donors (Lipinski definition) is 1. The highest BCUT2D eigenvalue weighted by atomic mass is 32.1. The Kier molecular flexibility index (Phi) is 4.04. The predicted molar refractivity (Wildman–Crippen MR) is 71.9 cm³/mol. The van der Waals surface area contributed by atoms with E-state index < -0.39 is 0 Å². The van der Waals surface area contributed by atoms with Gasteiger partial charge in [-0.3, -0.25) is 0 Å². The summed E-state index contributed by atoms with van der Waals surface area (Å²) in [5.74, 6) is 1.59. The minimum Gasteiger partial charge on any atom is -0.327 e. The molecule has 1 aromatic rings. The summed E-state index contributed by atoms with van der Waals surface area (Å²) in [6.07, 6.45) is 6.23. The van der Waals surface area contributed by atoms with Gasteiger partial charge in [0.15, 0.2) is 0 Å². The molecule has 1 fully saturated rings. The van der Waals surface area contributed by atoms with Crippen LogP contribution in [0, 0.1) is 11.8 Å². The van der Waals surface area contributed by atoms with E-state index in [0.29, 0.717) is 12.0 Å². The molecule has 2 N–H and O–H groups in total. The first kappa shape index (κ1) is 12.1. The number of nitrogens with two attached hydrogens (primary N) is 1. The molecule has 3 atom stereocenters. The topological polar surface area (TPSA) is 26.0 Å². The monoisotopic (exact) mass is 237 g/mol. The van der Waals surface area contributed by atoms with Crippen molar-refractivity contribution in [3.63, 3.8) is 0 Å². The lowest BCUT2D eigenvalue weighted by Gasteiger charge is -2.32. The Hall–Kier alpha value is -0.340. The predicted octanol–water partition coefficient (Wildman–Crippen LogP) is 3.62. The lowest BCUT2D eigenvalue weighted by atomic mass is 9.77. The molecule has 2 rings (SSSR count). The molecule has 1 heterocycles. The van der Waals surface area contributed by atoms with Crippen LogP contribution >= 0.6 is 11.3 Å². The molecule has 3 unspecified atom stereocenters. The fourth-order valence-electron chi connectivity index (χ4n) is 2.74. The summed E-state index contributed by atoms with van der Waals surface area (Å²) in [4.78, 5) is 3.04. The molecule has 90 valence electrons. The molecule has 16 heavy (non-hydrogen) atoms. The van der Waals surface area contributed by atoms with Gasteiger partial charge in [-0.2, -0.15) is 0 Å². The summed E-state index contributed by atoms with van der Waals surface area (Å²) in [6, 6.07) is 5.01. The van der Waals surface area contributed by atoms with Gasteiger partial charge in [-0.15, -0.1) is 11.3 Å². The number of aryl methyl sites for hydroxylation is 1. The fraction of sp³-hybridized carbons (Fsp3) is 0.714. The van der Waals surface area contributed by atoms with E-state index in [1.807, 2.05) is 11.3 Å². The molecule has 1 saturated carbocycles. The van der Waals surface area contributed by atoms with Crippen molar-refractivity contribution >= 4 is 11.3 Å². The maximum atomic E-state index is 6.23. The summed E-state index contributed by atoms with van der Waals surface area (Å²) >= 11 is 1.97. The van der Waals surface area contributed by atoms with Crippen LogP contribution in [0.4, 0.5) is 0 Å². The maximum Gasteiger partial charge on any atom is 0.00708 e. The largest absolute Gasteiger partial charge is 0.327 e. The Morgan fingerprint density at radius 3 is 2.75 bits per heavy atom. The Balaban J connectivity index is 1.97. The smallest absolute Gasteiger partial charge is 0.00708 e. The van der Waals surface area contributed by atoms with Gasteiger partial charge in [0.1, 0.15) is 0 Å². The van der Waals surface area contributed by atoms with Crippen LogP contribution in [0.5, 0.6) is 0 Å². The molecule has 0 aliphatic heterocycles. The molecule has 1 nitrogen and oxygen atoms in total. The Bertz CT molecular complexity index is 331. The van der Waals surface area contributed by atoms with Crippen LogP contribution in [0.2, 0.25) is 0 Å². The average molecular weight is 237 g/mol. The van der Waals surface area contributed by atoms with Crippen LogP contribution in [0.25, 0.3) is 0 Å². The van der Waals surface area contributed by atoms with Gasteiger partial charge in [-0.25, -0.2) is 0 Å². The lowest BCUT2D eigenvalue weighted by molar-refractivity contribution is 0.245. The van der Waals surface area contributed by atoms with E-state index in [-0.39, 0.29) is 0 Å². The first-order valence-electron chi connectivity index (χ1n) is 6.52. The van der Waals surface area contributed by atoms with Crippen molar-refractivity contribution in [1.29, 1.82) is 0 Å². The van der Waals surface area contributed by atoms with Crippen molar-refractivity contribution in [3.8, 4) is 0 Å². The zero-order valence-electron chi connectivity index (χ0n) is 10.4. The van der Waals surface area contributed by atoms with Gasteiger partial charge in [0.25, 0.3) is 0 Å². The van der Waals surface area contributed by atoms with Crippen molar-refractivity contribution in [2.75, 3.05) is 0 Å². The number of hydrogen-bond acceptors (Lipinski definition) is 2. The highest BCUT2D eigenvalue weighted by molar-refractivity contribution is 7.11. The Morgan fingerprint density at radius 1 is 1.31 bits per heavy atom. The molecule has 0 bridgehead atoms. The molecule has 1 aliphatic carbocycles. The minimum atomic E-state index is 0.434. The molecular formula is C14H23NS. The van der Waals surface area contributed by atoms with Gasteiger partial charge in [-0.1, -0.05) is 13.8 Å². The zero-order chi connectivity index (χ0) is 11.5. The van der Waals surface area contributed by atoms with E-state index in [1.165, 1.54) is 35.4 Å². The molecular weight excluding hydrogens is 214 g/mol. The van der Waals surface area contributed by atoms with E-state index in [2.05, 4.69) is 26.0 Å². The van der Waals surface area contributed by atoms with E-state index in [0.717, 1.165) is 12.3 Å². The third kappa shape index (κ3) is 2.86. The van der Waals surface area contributed by atoms with Crippen molar-refractivity contribution in [2.45, 2.75) is 52.0 Å². The van der Waals surface area contributed by atoms with E-state index in [4.69, 9.17) is 5.73 Å². The normalized spacial score (nSPS) is 30.6. The van der Waals surface area contributed by atoms with Crippen molar-refractivity contribution in [3.05, 3.63) is 21.9 Å². The van der Waals surface area contributed by atoms with Gasteiger partial charge < -0.3 is 5.73 Å². The van der Waals surface area contributed by atoms with Crippen LogP contribution in [-0.4, -0.2) is 6.04 Å². The molecule has 1 aliphatic rings. The second kappa shape index (κ2) is 5.33. The van der Waals surface area contributed by atoms with Crippen LogP contribution in [0.3, 0.4) is 0 Å². The average Bonchev–Trinajstić information content (AvgIpc) is 2.71. The van der Waals surface area contributed by atoms with Gasteiger partial charge >= 0.3 is 0 Å². The van der Waals surface area contributed by atoms with Gasteiger partial charge in [-0.05, 0) is 56.1 Å². The minimum absolute atomic E-state index is 0.434.